The molecule has 0 aliphatic heterocycles. The summed E-state index contributed by atoms with van der Waals surface area (Å²) < 4.78 is 10.5. The molecule has 0 bridgehead atoms. The fourth-order valence-corrected chi connectivity index (χ4v) is 2.12. The van der Waals surface area contributed by atoms with Gasteiger partial charge in [0.05, 0.1) is 6.20 Å². The molecule has 0 aliphatic carbocycles. The van der Waals surface area contributed by atoms with Gasteiger partial charge in [-0.3, -0.25) is 4.79 Å². The molecule has 0 spiro atoms. The van der Waals surface area contributed by atoms with Crippen molar-refractivity contribution in [1.82, 2.24) is 10.5 Å². The summed E-state index contributed by atoms with van der Waals surface area (Å²) in [5.41, 5.74) is 0.858. The Morgan fingerprint density at radius 3 is 2.95 bits per heavy atom. The Bertz CT molecular complexity index is 683. The first-order chi connectivity index (χ1) is 9.72. The van der Waals surface area contributed by atoms with E-state index >= 15 is 0 Å². The predicted octanol–water partition coefficient (Wildman–Crippen LogP) is 2.78. The van der Waals surface area contributed by atoms with Crippen molar-refractivity contribution >= 4 is 16.9 Å². The van der Waals surface area contributed by atoms with E-state index in [1.165, 1.54) is 12.3 Å². The molecule has 3 aromatic rings. The fourth-order valence-electron chi connectivity index (χ4n) is 2.12. The Labute approximate surface area is 115 Å². The molecule has 102 valence electrons. The zero-order valence-electron chi connectivity index (χ0n) is 11.0. The molecule has 0 radical (unpaired) electrons. The van der Waals surface area contributed by atoms with E-state index in [4.69, 9.17) is 8.94 Å². The van der Waals surface area contributed by atoms with Crippen LogP contribution in [0, 0.1) is 0 Å². The maximum atomic E-state index is 11.8. The molecule has 0 saturated heterocycles. The van der Waals surface area contributed by atoms with Crippen LogP contribution < -0.4 is 5.32 Å². The van der Waals surface area contributed by atoms with Gasteiger partial charge in [-0.15, -0.1) is 0 Å². The van der Waals surface area contributed by atoms with Gasteiger partial charge in [0.1, 0.15) is 11.3 Å². The minimum absolute atomic E-state index is 0.0619. The van der Waals surface area contributed by atoms with Crippen LogP contribution in [0.25, 0.3) is 11.0 Å². The van der Waals surface area contributed by atoms with E-state index in [9.17, 15) is 4.79 Å². The maximum absolute atomic E-state index is 11.8. The van der Waals surface area contributed by atoms with Crippen LogP contribution in [0.1, 0.15) is 23.2 Å². The van der Waals surface area contributed by atoms with Gasteiger partial charge in [0.15, 0.2) is 0 Å². The monoisotopic (exact) mass is 270 g/mol. The Balaban J connectivity index is 1.66. The quantitative estimate of drug-likeness (QED) is 0.791. The van der Waals surface area contributed by atoms with Gasteiger partial charge < -0.3 is 14.3 Å². The van der Waals surface area contributed by atoms with Crippen LogP contribution in [0.3, 0.4) is 0 Å². The van der Waals surface area contributed by atoms with E-state index in [2.05, 4.69) is 10.5 Å². The molecule has 0 aliphatic rings. The second-order valence-electron chi connectivity index (χ2n) is 4.71. The van der Waals surface area contributed by atoms with E-state index in [-0.39, 0.29) is 17.7 Å². The van der Waals surface area contributed by atoms with E-state index in [0.717, 1.165) is 16.7 Å². The van der Waals surface area contributed by atoms with Crippen molar-refractivity contribution in [2.45, 2.75) is 19.4 Å². The van der Waals surface area contributed by atoms with Crippen LogP contribution in [-0.4, -0.2) is 17.1 Å². The van der Waals surface area contributed by atoms with E-state index < -0.39 is 0 Å². The average Bonchev–Trinajstić information content (AvgIpc) is 3.07. The van der Waals surface area contributed by atoms with Gasteiger partial charge in [-0.25, -0.2) is 0 Å². The maximum Gasteiger partial charge on any atom is 0.290 e. The molecular weight excluding hydrogens is 256 g/mol. The second-order valence-corrected chi connectivity index (χ2v) is 4.71. The van der Waals surface area contributed by atoms with Gasteiger partial charge in [-0.2, -0.15) is 0 Å². The van der Waals surface area contributed by atoms with Crippen molar-refractivity contribution in [3.8, 4) is 0 Å². The molecule has 1 aromatic carbocycles. The number of aromatic nitrogens is 1. The number of hydrogen-bond donors (Lipinski definition) is 1. The van der Waals surface area contributed by atoms with Gasteiger partial charge in [0.2, 0.25) is 5.76 Å². The molecule has 5 heteroatoms. The zero-order valence-corrected chi connectivity index (χ0v) is 11.0. The van der Waals surface area contributed by atoms with E-state index in [0.29, 0.717) is 6.42 Å². The summed E-state index contributed by atoms with van der Waals surface area (Å²) in [6, 6.07) is 11.3. The normalized spacial score (nSPS) is 12.4. The number of para-hydroxylation sites is 1. The van der Waals surface area contributed by atoms with Crippen LogP contribution in [0.5, 0.6) is 0 Å². The smallest absolute Gasteiger partial charge is 0.290 e. The summed E-state index contributed by atoms with van der Waals surface area (Å²) in [4.78, 5) is 11.8. The number of carbonyl (C=O) groups excluding carboxylic acids is 1. The highest BCUT2D eigenvalue weighted by Crippen LogP contribution is 2.19. The number of hydrogen-bond acceptors (Lipinski definition) is 4. The minimum Gasteiger partial charge on any atom is -0.461 e. The number of nitrogens with one attached hydrogen (secondary N) is 1. The number of carbonyl (C=O) groups is 1. The number of benzene rings is 1. The third-order valence-corrected chi connectivity index (χ3v) is 3.02. The Kier molecular flexibility index (Phi) is 3.25. The Morgan fingerprint density at radius 2 is 2.20 bits per heavy atom. The van der Waals surface area contributed by atoms with Crippen molar-refractivity contribution in [2.24, 2.45) is 0 Å². The third-order valence-electron chi connectivity index (χ3n) is 3.02. The van der Waals surface area contributed by atoms with Crippen molar-refractivity contribution in [3.63, 3.8) is 0 Å². The second kappa shape index (κ2) is 5.21. The fraction of sp³-hybridized carbons (Fsp3) is 0.200. The lowest BCUT2D eigenvalue weighted by molar-refractivity contribution is 0.0902. The van der Waals surface area contributed by atoms with E-state index in [1.807, 2.05) is 37.3 Å². The molecule has 2 aromatic heterocycles. The lowest BCUT2D eigenvalue weighted by Gasteiger charge is -2.10. The highest BCUT2D eigenvalue weighted by molar-refractivity contribution is 5.91. The third kappa shape index (κ3) is 2.56. The van der Waals surface area contributed by atoms with Crippen molar-refractivity contribution in [3.05, 3.63) is 54.1 Å². The SMILES string of the molecule is C[C@@H](Cc1cc2ccccc2o1)NC(=O)c1ccno1. The number of rotatable bonds is 4. The standard InChI is InChI=1S/C15H14N2O3/c1-10(17-15(18)14-6-7-16-20-14)8-12-9-11-4-2-3-5-13(11)19-12/h2-7,9-10H,8H2,1H3,(H,17,18)/t10-/m0/s1. The van der Waals surface area contributed by atoms with Crippen LogP contribution >= 0.6 is 0 Å². The molecule has 0 unspecified atom stereocenters. The number of nitrogens with zero attached hydrogens (tertiary/aromatic N) is 1. The molecule has 1 amide bonds. The lowest BCUT2D eigenvalue weighted by atomic mass is 10.1. The van der Waals surface area contributed by atoms with Crippen molar-refractivity contribution in [2.75, 3.05) is 0 Å². The van der Waals surface area contributed by atoms with Crippen LogP contribution in [-0.2, 0) is 6.42 Å². The van der Waals surface area contributed by atoms with Crippen LogP contribution in [0.2, 0.25) is 0 Å². The highest BCUT2D eigenvalue weighted by atomic mass is 16.5. The molecule has 1 atom stereocenters. The molecule has 0 fully saturated rings. The molecule has 1 N–H and O–H groups in total. The number of fused-ring (bicyclic) bond motifs is 1. The molecule has 0 saturated carbocycles. The lowest BCUT2D eigenvalue weighted by Crippen LogP contribution is -2.33. The molecule has 5 nitrogen and oxygen atoms in total. The highest BCUT2D eigenvalue weighted by Gasteiger charge is 2.14. The number of furan rings is 1. The summed E-state index contributed by atoms with van der Waals surface area (Å²) in [5, 5.41) is 7.42. The van der Waals surface area contributed by atoms with Gasteiger partial charge in [-0.1, -0.05) is 23.4 Å². The summed E-state index contributed by atoms with van der Waals surface area (Å²) in [6.45, 7) is 1.92. The summed E-state index contributed by atoms with van der Waals surface area (Å²) >= 11 is 0. The van der Waals surface area contributed by atoms with Crippen LogP contribution in [0.4, 0.5) is 0 Å². The first-order valence-corrected chi connectivity index (χ1v) is 6.41. The molecule has 2 heterocycles. The van der Waals surface area contributed by atoms with Gasteiger partial charge >= 0.3 is 0 Å². The topological polar surface area (TPSA) is 68.3 Å². The average molecular weight is 270 g/mol. The number of amides is 1. The van der Waals surface area contributed by atoms with Crippen molar-refractivity contribution in [1.29, 1.82) is 0 Å². The molecule has 3 rings (SSSR count). The summed E-state index contributed by atoms with van der Waals surface area (Å²) in [5.74, 6) is 0.782. The predicted molar refractivity (Wildman–Crippen MR) is 73.3 cm³/mol. The Morgan fingerprint density at radius 1 is 1.35 bits per heavy atom. The Hall–Kier alpha value is -2.56. The van der Waals surface area contributed by atoms with Crippen molar-refractivity contribution < 1.29 is 13.7 Å². The van der Waals surface area contributed by atoms with Gasteiger partial charge in [-0.05, 0) is 19.1 Å². The van der Waals surface area contributed by atoms with Gasteiger partial charge in [0, 0.05) is 23.9 Å². The molecular formula is C15H14N2O3. The van der Waals surface area contributed by atoms with Gasteiger partial charge in [0.25, 0.3) is 5.91 Å². The summed E-state index contributed by atoms with van der Waals surface area (Å²) in [6.07, 6.45) is 2.06. The van der Waals surface area contributed by atoms with Crippen LogP contribution in [0.15, 0.2) is 51.5 Å². The first-order valence-electron chi connectivity index (χ1n) is 6.41. The summed E-state index contributed by atoms with van der Waals surface area (Å²) in [7, 11) is 0. The minimum atomic E-state index is -0.272. The largest absolute Gasteiger partial charge is 0.461 e. The molecule has 20 heavy (non-hydrogen) atoms. The first kappa shape index (κ1) is 12.5. The zero-order chi connectivity index (χ0) is 13.9. The van der Waals surface area contributed by atoms with E-state index in [1.54, 1.807) is 0 Å².